The molecule has 0 saturated heterocycles. The van der Waals surface area contributed by atoms with Gasteiger partial charge in [0.2, 0.25) is 0 Å². The Morgan fingerprint density at radius 2 is 1.80 bits per heavy atom. The summed E-state index contributed by atoms with van der Waals surface area (Å²) in [6.07, 6.45) is 6.63. The molecule has 0 heterocycles. The van der Waals surface area contributed by atoms with Crippen molar-refractivity contribution in [1.29, 1.82) is 0 Å². The van der Waals surface area contributed by atoms with Crippen molar-refractivity contribution in [3.63, 3.8) is 0 Å². The van der Waals surface area contributed by atoms with E-state index in [1.54, 1.807) is 0 Å². The molecule has 15 heavy (non-hydrogen) atoms. The van der Waals surface area contributed by atoms with Crippen molar-refractivity contribution in [1.82, 2.24) is 5.32 Å². The van der Waals surface area contributed by atoms with Crippen molar-refractivity contribution in [2.75, 3.05) is 6.54 Å². The van der Waals surface area contributed by atoms with Gasteiger partial charge in [0.15, 0.2) is 0 Å². The van der Waals surface area contributed by atoms with E-state index in [0.29, 0.717) is 0 Å². The van der Waals surface area contributed by atoms with Crippen LogP contribution in [0.25, 0.3) is 0 Å². The van der Waals surface area contributed by atoms with Crippen molar-refractivity contribution >= 4 is 11.6 Å². The monoisotopic (exact) mass is 223 g/mol. The standard InChI is InChI=1S/C13H18ClN/c14-12-7-5-11(6-8-12)9-10-15-13-3-1-2-4-13/h5-8,13,15H,1-4,9-10H2. The zero-order valence-corrected chi connectivity index (χ0v) is 9.76. The summed E-state index contributed by atoms with van der Waals surface area (Å²) in [5.74, 6) is 0. The molecular weight excluding hydrogens is 206 g/mol. The van der Waals surface area contributed by atoms with Gasteiger partial charge in [-0.05, 0) is 43.5 Å². The molecule has 0 aromatic heterocycles. The second kappa shape index (κ2) is 5.53. The normalized spacial score (nSPS) is 17.1. The Morgan fingerprint density at radius 3 is 2.47 bits per heavy atom. The minimum Gasteiger partial charge on any atom is -0.314 e. The zero-order valence-electron chi connectivity index (χ0n) is 9.01. The van der Waals surface area contributed by atoms with Gasteiger partial charge in [0.1, 0.15) is 0 Å². The van der Waals surface area contributed by atoms with Gasteiger partial charge >= 0.3 is 0 Å². The molecule has 0 spiro atoms. The molecule has 0 radical (unpaired) electrons. The van der Waals surface area contributed by atoms with Gasteiger partial charge in [-0.3, -0.25) is 0 Å². The van der Waals surface area contributed by atoms with Gasteiger partial charge < -0.3 is 5.32 Å². The van der Waals surface area contributed by atoms with Crippen LogP contribution < -0.4 is 5.32 Å². The molecular formula is C13H18ClN. The van der Waals surface area contributed by atoms with E-state index in [1.807, 2.05) is 12.1 Å². The van der Waals surface area contributed by atoms with Crippen LogP contribution in [-0.4, -0.2) is 12.6 Å². The fourth-order valence-electron chi connectivity index (χ4n) is 2.20. The number of hydrogen-bond donors (Lipinski definition) is 1. The molecule has 0 bridgehead atoms. The predicted octanol–water partition coefficient (Wildman–Crippen LogP) is 3.41. The highest BCUT2D eigenvalue weighted by Crippen LogP contribution is 2.17. The summed E-state index contributed by atoms with van der Waals surface area (Å²) in [5.41, 5.74) is 1.37. The first kappa shape index (κ1) is 11.0. The Balaban J connectivity index is 1.71. The van der Waals surface area contributed by atoms with Gasteiger partial charge in [0, 0.05) is 11.1 Å². The van der Waals surface area contributed by atoms with Gasteiger partial charge in [-0.2, -0.15) is 0 Å². The van der Waals surface area contributed by atoms with Crippen LogP contribution in [0, 0.1) is 0 Å². The Hall–Kier alpha value is -0.530. The van der Waals surface area contributed by atoms with Crippen LogP contribution in [0.15, 0.2) is 24.3 Å². The highest BCUT2D eigenvalue weighted by Gasteiger charge is 2.13. The van der Waals surface area contributed by atoms with E-state index in [2.05, 4.69) is 17.4 Å². The molecule has 2 heteroatoms. The summed E-state index contributed by atoms with van der Waals surface area (Å²) in [6, 6.07) is 8.92. The average molecular weight is 224 g/mol. The van der Waals surface area contributed by atoms with Crippen LogP contribution in [0.2, 0.25) is 5.02 Å². The zero-order chi connectivity index (χ0) is 10.5. The van der Waals surface area contributed by atoms with Crippen LogP contribution in [0.5, 0.6) is 0 Å². The maximum absolute atomic E-state index is 5.83. The van der Waals surface area contributed by atoms with Crippen LogP contribution >= 0.6 is 11.6 Å². The lowest BCUT2D eigenvalue weighted by atomic mass is 10.1. The topological polar surface area (TPSA) is 12.0 Å². The second-order valence-corrected chi connectivity index (χ2v) is 4.75. The van der Waals surface area contributed by atoms with Gasteiger partial charge in [-0.1, -0.05) is 36.6 Å². The lowest BCUT2D eigenvalue weighted by Gasteiger charge is -2.11. The van der Waals surface area contributed by atoms with E-state index < -0.39 is 0 Å². The molecule has 1 N–H and O–H groups in total. The van der Waals surface area contributed by atoms with Gasteiger partial charge in [-0.15, -0.1) is 0 Å². The van der Waals surface area contributed by atoms with Gasteiger partial charge in [0.25, 0.3) is 0 Å². The average Bonchev–Trinajstić information content (AvgIpc) is 2.74. The number of rotatable bonds is 4. The van der Waals surface area contributed by atoms with E-state index >= 15 is 0 Å². The molecule has 1 aliphatic carbocycles. The number of hydrogen-bond acceptors (Lipinski definition) is 1. The quantitative estimate of drug-likeness (QED) is 0.825. The van der Waals surface area contributed by atoms with Crippen molar-refractivity contribution < 1.29 is 0 Å². The maximum atomic E-state index is 5.83. The fourth-order valence-corrected chi connectivity index (χ4v) is 2.33. The first-order valence-electron chi connectivity index (χ1n) is 5.82. The third kappa shape index (κ3) is 3.51. The summed E-state index contributed by atoms with van der Waals surface area (Å²) < 4.78 is 0. The molecule has 1 nitrogen and oxygen atoms in total. The predicted molar refractivity (Wildman–Crippen MR) is 65.4 cm³/mol. The van der Waals surface area contributed by atoms with Crippen molar-refractivity contribution in [3.05, 3.63) is 34.9 Å². The Labute approximate surface area is 96.8 Å². The molecule has 1 aromatic carbocycles. The van der Waals surface area contributed by atoms with Crippen LogP contribution in [-0.2, 0) is 6.42 Å². The molecule has 0 aliphatic heterocycles. The molecule has 2 rings (SSSR count). The van der Waals surface area contributed by atoms with E-state index in [0.717, 1.165) is 24.0 Å². The van der Waals surface area contributed by atoms with Crippen LogP contribution in [0.4, 0.5) is 0 Å². The number of nitrogens with one attached hydrogen (secondary N) is 1. The lowest BCUT2D eigenvalue weighted by molar-refractivity contribution is 0.528. The van der Waals surface area contributed by atoms with Crippen LogP contribution in [0.1, 0.15) is 31.2 Å². The molecule has 1 saturated carbocycles. The third-order valence-corrected chi connectivity index (χ3v) is 3.37. The van der Waals surface area contributed by atoms with Crippen molar-refractivity contribution in [3.8, 4) is 0 Å². The minimum absolute atomic E-state index is 0.775. The summed E-state index contributed by atoms with van der Waals surface area (Å²) >= 11 is 5.83. The van der Waals surface area contributed by atoms with Crippen LogP contribution in [0.3, 0.4) is 0 Å². The van der Waals surface area contributed by atoms with Crippen molar-refractivity contribution in [2.45, 2.75) is 38.1 Å². The Morgan fingerprint density at radius 1 is 1.13 bits per heavy atom. The highest BCUT2D eigenvalue weighted by molar-refractivity contribution is 6.30. The SMILES string of the molecule is Clc1ccc(CCNC2CCCC2)cc1. The minimum atomic E-state index is 0.775. The van der Waals surface area contributed by atoms with Gasteiger partial charge in [0.05, 0.1) is 0 Å². The van der Waals surface area contributed by atoms with Crippen molar-refractivity contribution in [2.24, 2.45) is 0 Å². The smallest absolute Gasteiger partial charge is 0.0406 e. The second-order valence-electron chi connectivity index (χ2n) is 4.31. The van der Waals surface area contributed by atoms with E-state index in [1.165, 1.54) is 31.2 Å². The highest BCUT2D eigenvalue weighted by atomic mass is 35.5. The molecule has 0 atom stereocenters. The molecule has 0 amide bonds. The molecule has 1 aliphatic rings. The summed E-state index contributed by atoms with van der Waals surface area (Å²) in [5, 5.41) is 4.43. The molecule has 82 valence electrons. The maximum Gasteiger partial charge on any atom is 0.0406 e. The Kier molecular flexibility index (Phi) is 4.04. The van der Waals surface area contributed by atoms with Gasteiger partial charge in [-0.25, -0.2) is 0 Å². The molecule has 1 aromatic rings. The number of halogens is 1. The summed E-state index contributed by atoms with van der Waals surface area (Å²) in [4.78, 5) is 0. The van der Waals surface area contributed by atoms with E-state index in [-0.39, 0.29) is 0 Å². The summed E-state index contributed by atoms with van der Waals surface area (Å²) in [6.45, 7) is 1.09. The summed E-state index contributed by atoms with van der Waals surface area (Å²) in [7, 11) is 0. The molecule has 0 unspecified atom stereocenters. The first-order valence-corrected chi connectivity index (χ1v) is 6.20. The van der Waals surface area contributed by atoms with E-state index in [4.69, 9.17) is 11.6 Å². The lowest BCUT2D eigenvalue weighted by Crippen LogP contribution is -2.27. The third-order valence-electron chi connectivity index (χ3n) is 3.12. The molecule has 1 fully saturated rings. The largest absolute Gasteiger partial charge is 0.314 e. The fraction of sp³-hybridized carbons (Fsp3) is 0.538. The number of benzene rings is 1. The van der Waals surface area contributed by atoms with E-state index in [9.17, 15) is 0 Å². The Bertz CT molecular complexity index is 288. The first-order chi connectivity index (χ1) is 7.34.